The van der Waals surface area contributed by atoms with E-state index in [4.69, 9.17) is 10.4 Å². The lowest BCUT2D eigenvalue weighted by atomic mass is 10.2. The van der Waals surface area contributed by atoms with Gasteiger partial charge in [0.15, 0.2) is 0 Å². The minimum Gasteiger partial charge on any atom is -0.508 e. The van der Waals surface area contributed by atoms with Gasteiger partial charge in [0.25, 0.3) is 0 Å². The second kappa shape index (κ2) is 5.25. The van der Waals surface area contributed by atoms with Crippen molar-refractivity contribution in [2.75, 3.05) is 0 Å². The first kappa shape index (κ1) is 10.6. The van der Waals surface area contributed by atoms with Crippen LogP contribution in [0.25, 0.3) is 0 Å². The van der Waals surface area contributed by atoms with Crippen molar-refractivity contribution in [3.05, 3.63) is 29.8 Å². The quantitative estimate of drug-likeness (QED) is 0.761. The summed E-state index contributed by atoms with van der Waals surface area (Å²) in [6, 6.07) is 9.04. The molecule has 0 aromatic heterocycles. The van der Waals surface area contributed by atoms with Crippen molar-refractivity contribution < 1.29 is 5.11 Å². The normalized spacial score (nSPS) is 12.0. The molecule has 3 heteroatoms. The van der Waals surface area contributed by atoms with Gasteiger partial charge in [0, 0.05) is 6.54 Å². The standard InChI is InChI=1S/C11H14N2O/c1-2-10(7-12)13-8-9-3-5-11(14)6-4-9/h3-6,10,13-14H,2,8H2,1H3. The number of phenolic OH excluding ortho intramolecular Hbond substituents is 1. The number of hydrogen-bond donors (Lipinski definition) is 2. The molecule has 1 aromatic carbocycles. The summed E-state index contributed by atoms with van der Waals surface area (Å²) in [6.07, 6.45) is 0.800. The van der Waals surface area contributed by atoms with Crippen LogP contribution >= 0.6 is 0 Å². The van der Waals surface area contributed by atoms with E-state index in [2.05, 4.69) is 11.4 Å². The predicted octanol–water partition coefficient (Wildman–Crippen LogP) is 1.78. The van der Waals surface area contributed by atoms with Gasteiger partial charge in [-0.15, -0.1) is 0 Å². The summed E-state index contributed by atoms with van der Waals surface area (Å²) in [7, 11) is 0. The summed E-state index contributed by atoms with van der Waals surface area (Å²) in [4.78, 5) is 0. The van der Waals surface area contributed by atoms with E-state index in [9.17, 15) is 0 Å². The summed E-state index contributed by atoms with van der Waals surface area (Å²) < 4.78 is 0. The molecule has 1 rings (SSSR count). The molecule has 0 heterocycles. The highest BCUT2D eigenvalue weighted by Gasteiger charge is 2.02. The van der Waals surface area contributed by atoms with Gasteiger partial charge in [-0.3, -0.25) is 5.32 Å². The highest BCUT2D eigenvalue weighted by atomic mass is 16.3. The van der Waals surface area contributed by atoms with Gasteiger partial charge in [-0.25, -0.2) is 0 Å². The average molecular weight is 190 g/mol. The number of benzene rings is 1. The molecule has 74 valence electrons. The fourth-order valence-corrected chi connectivity index (χ4v) is 1.14. The molecule has 0 spiro atoms. The highest BCUT2D eigenvalue weighted by molar-refractivity contribution is 5.25. The summed E-state index contributed by atoms with van der Waals surface area (Å²) in [5.74, 6) is 0.265. The van der Waals surface area contributed by atoms with Gasteiger partial charge in [-0.1, -0.05) is 19.1 Å². The van der Waals surface area contributed by atoms with Gasteiger partial charge in [0.2, 0.25) is 0 Å². The Hall–Kier alpha value is -1.53. The third kappa shape index (κ3) is 3.08. The monoisotopic (exact) mass is 190 g/mol. The van der Waals surface area contributed by atoms with Crippen molar-refractivity contribution in [3.8, 4) is 11.8 Å². The molecule has 0 aliphatic carbocycles. The Morgan fingerprint density at radius 1 is 1.43 bits per heavy atom. The van der Waals surface area contributed by atoms with Crippen LogP contribution in [0.15, 0.2) is 24.3 Å². The fraction of sp³-hybridized carbons (Fsp3) is 0.364. The van der Waals surface area contributed by atoms with E-state index in [-0.39, 0.29) is 11.8 Å². The van der Waals surface area contributed by atoms with Crippen molar-refractivity contribution in [2.24, 2.45) is 0 Å². The molecule has 1 unspecified atom stereocenters. The number of rotatable bonds is 4. The van der Waals surface area contributed by atoms with Gasteiger partial charge in [0.05, 0.1) is 12.1 Å². The van der Waals surface area contributed by atoms with Crippen LogP contribution in [0.5, 0.6) is 5.75 Å². The van der Waals surface area contributed by atoms with E-state index >= 15 is 0 Å². The van der Waals surface area contributed by atoms with Gasteiger partial charge in [-0.05, 0) is 24.1 Å². The van der Waals surface area contributed by atoms with E-state index in [1.54, 1.807) is 12.1 Å². The largest absolute Gasteiger partial charge is 0.508 e. The van der Waals surface area contributed by atoms with Crippen molar-refractivity contribution in [1.82, 2.24) is 5.32 Å². The second-order valence-electron chi connectivity index (χ2n) is 3.14. The van der Waals surface area contributed by atoms with Gasteiger partial charge in [0.1, 0.15) is 5.75 Å². The van der Waals surface area contributed by atoms with Crippen LogP contribution in [0.1, 0.15) is 18.9 Å². The zero-order valence-electron chi connectivity index (χ0n) is 8.20. The lowest BCUT2D eigenvalue weighted by Crippen LogP contribution is -2.25. The molecular formula is C11H14N2O. The first-order valence-electron chi connectivity index (χ1n) is 4.67. The predicted molar refractivity (Wildman–Crippen MR) is 54.6 cm³/mol. The lowest BCUT2D eigenvalue weighted by molar-refractivity contribution is 0.475. The van der Waals surface area contributed by atoms with Crippen LogP contribution in [0.4, 0.5) is 0 Å². The van der Waals surface area contributed by atoms with Gasteiger partial charge < -0.3 is 5.11 Å². The summed E-state index contributed by atoms with van der Waals surface area (Å²) in [5.41, 5.74) is 1.07. The Kier molecular flexibility index (Phi) is 3.96. The SMILES string of the molecule is CCC(C#N)NCc1ccc(O)cc1. The molecule has 0 fully saturated rings. The topological polar surface area (TPSA) is 56.0 Å². The molecule has 1 atom stereocenters. The van der Waals surface area contributed by atoms with E-state index < -0.39 is 0 Å². The molecule has 14 heavy (non-hydrogen) atoms. The number of aromatic hydroxyl groups is 1. The van der Waals surface area contributed by atoms with Crippen molar-refractivity contribution in [1.29, 1.82) is 5.26 Å². The Labute approximate surface area is 84.0 Å². The van der Waals surface area contributed by atoms with E-state index in [1.165, 1.54) is 0 Å². The first-order valence-corrected chi connectivity index (χ1v) is 4.67. The summed E-state index contributed by atoms with van der Waals surface area (Å²) in [6.45, 7) is 2.63. The Bertz CT molecular complexity index is 313. The summed E-state index contributed by atoms with van der Waals surface area (Å²) >= 11 is 0. The maximum Gasteiger partial charge on any atom is 0.115 e. The number of nitrogens with one attached hydrogen (secondary N) is 1. The average Bonchev–Trinajstić information content (AvgIpc) is 2.22. The maximum atomic E-state index is 9.05. The Morgan fingerprint density at radius 2 is 2.07 bits per heavy atom. The maximum absolute atomic E-state index is 9.05. The Balaban J connectivity index is 2.46. The van der Waals surface area contributed by atoms with Crippen LogP contribution in [0.2, 0.25) is 0 Å². The fourth-order valence-electron chi connectivity index (χ4n) is 1.14. The van der Waals surface area contributed by atoms with Crippen LogP contribution in [0, 0.1) is 11.3 Å². The number of nitrogens with zero attached hydrogens (tertiary/aromatic N) is 1. The zero-order chi connectivity index (χ0) is 10.4. The molecular weight excluding hydrogens is 176 g/mol. The van der Waals surface area contributed by atoms with E-state index in [0.717, 1.165) is 12.0 Å². The number of hydrogen-bond acceptors (Lipinski definition) is 3. The third-order valence-electron chi connectivity index (χ3n) is 2.05. The molecule has 0 aliphatic heterocycles. The number of nitriles is 1. The van der Waals surface area contributed by atoms with Crippen molar-refractivity contribution in [2.45, 2.75) is 25.9 Å². The molecule has 2 N–H and O–H groups in total. The molecule has 0 aliphatic rings. The third-order valence-corrected chi connectivity index (χ3v) is 2.05. The minimum absolute atomic E-state index is 0.0937. The zero-order valence-corrected chi connectivity index (χ0v) is 8.20. The van der Waals surface area contributed by atoms with Gasteiger partial charge >= 0.3 is 0 Å². The Morgan fingerprint density at radius 3 is 2.57 bits per heavy atom. The molecule has 3 nitrogen and oxygen atoms in total. The smallest absolute Gasteiger partial charge is 0.115 e. The molecule has 0 radical (unpaired) electrons. The highest BCUT2D eigenvalue weighted by Crippen LogP contribution is 2.09. The summed E-state index contributed by atoms with van der Waals surface area (Å²) in [5, 5.41) is 20.9. The molecule has 1 aromatic rings. The lowest BCUT2D eigenvalue weighted by Gasteiger charge is -2.08. The second-order valence-corrected chi connectivity index (χ2v) is 3.14. The van der Waals surface area contributed by atoms with E-state index in [0.29, 0.717) is 6.54 Å². The van der Waals surface area contributed by atoms with Crippen LogP contribution in [0.3, 0.4) is 0 Å². The van der Waals surface area contributed by atoms with Crippen LogP contribution < -0.4 is 5.32 Å². The molecule has 0 saturated carbocycles. The molecule has 0 bridgehead atoms. The van der Waals surface area contributed by atoms with Crippen LogP contribution in [-0.4, -0.2) is 11.1 Å². The first-order chi connectivity index (χ1) is 6.76. The van der Waals surface area contributed by atoms with Crippen molar-refractivity contribution in [3.63, 3.8) is 0 Å². The molecule has 0 amide bonds. The van der Waals surface area contributed by atoms with E-state index in [1.807, 2.05) is 19.1 Å². The van der Waals surface area contributed by atoms with Crippen molar-refractivity contribution >= 4 is 0 Å². The minimum atomic E-state index is -0.0937. The van der Waals surface area contributed by atoms with Gasteiger partial charge in [-0.2, -0.15) is 5.26 Å². The number of phenols is 1. The van der Waals surface area contributed by atoms with Crippen LogP contribution in [-0.2, 0) is 6.54 Å². The molecule has 0 saturated heterocycles.